The van der Waals surface area contributed by atoms with Gasteiger partial charge in [0, 0.05) is 57.5 Å². The van der Waals surface area contributed by atoms with Crippen LogP contribution in [-0.4, -0.2) is 79.4 Å². The number of likely N-dealkylation sites (tertiary alicyclic amines) is 1. The Morgan fingerprint density at radius 1 is 0.939 bits per heavy atom. The van der Waals surface area contributed by atoms with Crippen molar-refractivity contribution in [2.45, 2.75) is 57.8 Å². The van der Waals surface area contributed by atoms with Gasteiger partial charge in [-0.05, 0) is 44.4 Å². The van der Waals surface area contributed by atoms with Gasteiger partial charge in [0.2, 0.25) is 11.8 Å². The molecule has 1 atom stereocenters. The molecule has 0 bridgehead atoms. The Morgan fingerprint density at radius 2 is 1.67 bits per heavy atom. The number of nitrogens with zero attached hydrogens (tertiary/aromatic N) is 3. The van der Waals surface area contributed by atoms with Gasteiger partial charge in [0.1, 0.15) is 5.75 Å². The molecular weight excluding hydrogens is 414 g/mol. The molecule has 2 heterocycles. The molecule has 0 radical (unpaired) electrons. The van der Waals surface area contributed by atoms with Crippen LogP contribution in [0.4, 0.5) is 0 Å². The molecule has 2 saturated heterocycles. The minimum Gasteiger partial charge on any atom is -0.493 e. The first-order valence-corrected chi connectivity index (χ1v) is 12.9. The van der Waals surface area contributed by atoms with Crippen LogP contribution < -0.4 is 4.74 Å². The number of piperidine rings is 1. The number of piperazine rings is 1. The Labute approximate surface area is 199 Å². The van der Waals surface area contributed by atoms with Crippen molar-refractivity contribution in [2.75, 3.05) is 52.9 Å². The molecule has 0 N–H and O–H groups in total. The highest BCUT2D eigenvalue weighted by Gasteiger charge is 2.41. The Kier molecular flexibility index (Phi) is 8.29. The lowest BCUT2D eigenvalue weighted by atomic mass is 9.77. The SMILES string of the molecule is CN1CCN(C(=O)C[C@]2(COc3ccccc3)CCCN(C(=O)CCC3CCCC3)C2)CC1. The van der Waals surface area contributed by atoms with Crippen LogP contribution in [-0.2, 0) is 9.59 Å². The van der Waals surface area contributed by atoms with Gasteiger partial charge in [-0.15, -0.1) is 0 Å². The number of carbonyl (C=O) groups is 2. The van der Waals surface area contributed by atoms with Crippen LogP contribution in [0, 0.1) is 11.3 Å². The molecule has 3 fully saturated rings. The van der Waals surface area contributed by atoms with Crippen LogP contribution in [0.15, 0.2) is 30.3 Å². The second kappa shape index (κ2) is 11.4. The lowest BCUT2D eigenvalue weighted by Gasteiger charge is -2.43. The van der Waals surface area contributed by atoms with E-state index in [1.54, 1.807) is 0 Å². The molecule has 1 aromatic carbocycles. The maximum atomic E-state index is 13.3. The van der Waals surface area contributed by atoms with Crippen molar-refractivity contribution in [1.29, 1.82) is 0 Å². The molecule has 182 valence electrons. The fourth-order valence-electron chi connectivity index (χ4n) is 5.76. The summed E-state index contributed by atoms with van der Waals surface area (Å²) in [5.74, 6) is 2.02. The highest BCUT2D eigenvalue weighted by molar-refractivity contribution is 5.78. The first-order valence-electron chi connectivity index (χ1n) is 12.9. The smallest absolute Gasteiger partial charge is 0.223 e. The normalized spacial score (nSPS) is 24.8. The second-order valence-corrected chi connectivity index (χ2v) is 10.6. The summed E-state index contributed by atoms with van der Waals surface area (Å²) in [6, 6.07) is 9.84. The zero-order valence-corrected chi connectivity index (χ0v) is 20.3. The summed E-state index contributed by atoms with van der Waals surface area (Å²) in [6.07, 6.45) is 9.16. The number of ether oxygens (including phenoxy) is 1. The van der Waals surface area contributed by atoms with E-state index < -0.39 is 0 Å². The number of amides is 2. The average Bonchev–Trinajstić information content (AvgIpc) is 3.36. The summed E-state index contributed by atoms with van der Waals surface area (Å²) in [5, 5.41) is 0. The molecule has 1 aromatic rings. The molecule has 33 heavy (non-hydrogen) atoms. The average molecular weight is 456 g/mol. The van der Waals surface area contributed by atoms with Crippen molar-refractivity contribution < 1.29 is 14.3 Å². The zero-order valence-electron chi connectivity index (χ0n) is 20.3. The molecular formula is C27H41N3O3. The topological polar surface area (TPSA) is 53.1 Å². The van der Waals surface area contributed by atoms with E-state index in [4.69, 9.17) is 4.74 Å². The van der Waals surface area contributed by atoms with Crippen LogP contribution in [0.3, 0.4) is 0 Å². The lowest BCUT2D eigenvalue weighted by Crippen LogP contribution is -2.53. The van der Waals surface area contributed by atoms with Crippen molar-refractivity contribution in [2.24, 2.45) is 11.3 Å². The molecule has 2 amide bonds. The highest BCUT2D eigenvalue weighted by atomic mass is 16.5. The van der Waals surface area contributed by atoms with Crippen LogP contribution in [0.2, 0.25) is 0 Å². The fourth-order valence-corrected chi connectivity index (χ4v) is 5.76. The van der Waals surface area contributed by atoms with Crippen molar-refractivity contribution in [3.05, 3.63) is 30.3 Å². The molecule has 6 heteroatoms. The van der Waals surface area contributed by atoms with Crippen LogP contribution in [0.25, 0.3) is 0 Å². The predicted molar refractivity (Wildman–Crippen MR) is 130 cm³/mol. The van der Waals surface area contributed by atoms with E-state index >= 15 is 0 Å². The van der Waals surface area contributed by atoms with E-state index in [0.29, 0.717) is 26.0 Å². The van der Waals surface area contributed by atoms with Crippen LogP contribution in [0.1, 0.15) is 57.8 Å². The summed E-state index contributed by atoms with van der Waals surface area (Å²) in [4.78, 5) is 32.7. The Hall–Kier alpha value is -2.08. The van der Waals surface area contributed by atoms with Gasteiger partial charge in [0.15, 0.2) is 0 Å². The molecule has 0 unspecified atom stereocenters. The minimum absolute atomic E-state index is 0.208. The van der Waals surface area contributed by atoms with Gasteiger partial charge in [0.05, 0.1) is 6.61 Å². The monoisotopic (exact) mass is 455 g/mol. The summed E-state index contributed by atoms with van der Waals surface area (Å²) in [7, 11) is 2.10. The highest BCUT2D eigenvalue weighted by Crippen LogP contribution is 2.36. The predicted octanol–water partition coefficient (Wildman–Crippen LogP) is 3.81. The van der Waals surface area contributed by atoms with Crippen molar-refractivity contribution >= 4 is 11.8 Å². The van der Waals surface area contributed by atoms with Gasteiger partial charge in [-0.25, -0.2) is 0 Å². The van der Waals surface area contributed by atoms with Crippen LogP contribution in [0.5, 0.6) is 5.75 Å². The Bertz CT molecular complexity index is 772. The van der Waals surface area contributed by atoms with Crippen LogP contribution >= 0.6 is 0 Å². The third-order valence-electron chi connectivity index (χ3n) is 7.93. The maximum Gasteiger partial charge on any atom is 0.223 e. The molecule has 3 aliphatic rings. The Morgan fingerprint density at radius 3 is 2.39 bits per heavy atom. The largest absolute Gasteiger partial charge is 0.493 e. The molecule has 4 rings (SSSR count). The molecule has 1 saturated carbocycles. The van der Waals surface area contributed by atoms with Gasteiger partial charge in [-0.3, -0.25) is 9.59 Å². The molecule has 0 spiro atoms. The number of rotatable bonds is 8. The van der Waals surface area contributed by atoms with E-state index in [1.807, 2.05) is 40.1 Å². The van der Waals surface area contributed by atoms with Gasteiger partial charge in [0.25, 0.3) is 0 Å². The van der Waals surface area contributed by atoms with Crippen molar-refractivity contribution in [3.8, 4) is 5.75 Å². The number of benzene rings is 1. The second-order valence-electron chi connectivity index (χ2n) is 10.6. The van der Waals surface area contributed by atoms with Crippen molar-refractivity contribution in [1.82, 2.24) is 14.7 Å². The van der Waals surface area contributed by atoms with E-state index in [0.717, 1.165) is 63.7 Å². The summed E-state index contributed by atoms with van der Waals surface area (Å²) in [6.45, 7) is 5.32. The Balaban J connectivity index is 1.41. The lowest BCUT2D eigenvalue weighted by molar-refractivity contribution is -0.142. The van der Waals surface area contributed by atoms with Gasteiger partial charge < -0.3 is 19.4 Å². The quantitative estimate of drug-likeness (QED) is 0.598. The number of carbonyl (C=O) groups excluding carboxylic acids is 2. The number of likely N-dealkylation sites (N-methyl/N-ethyl adjacent to an activating group) is 1. The van der Waals surface area contributed by atoms with Gasteiger partial charge in [-0.1, -0.05) is 43.9 Å². The molecule has 1 aliphatic carbocycles. The van der Waals surface area contributed by atoms with Gasteiger partial charge in [-0.2, -0.15) is 0 Å². The van der Waals surface area contributed by atoms with E-state index in [-0.39, 0.29) is 17.2 Å². The first kappa shape index (κ1) is 24.1. The molecule has 0 aromatic heterocycles. The zero-order chi connectivity index (χ0) is 23.1. The fraction of sp³-hybridized carbons (Fsp3) is 0.704. The van der Waals surface area contributed by atoms with E-state index in [9.17, 15) is 9.59 Å². The minimum atomic E-state index is -0.322. The van der Waals surface area contributed by atoms with E-state index in [1.165, 1.54) is 25.7 Å². The molecule has 2 aliphatic heterocycles. The first-order chi connectivity index (χ1) is 16.0. The third kappa shape index (κ3) is 6.72. The number of para-hydroxylation sites is 1. The summed E-state index contributed by atoms with van der Waals surface area (Å²) >= 11 is 0. The standard InChI is InChI=1S/C27H41N3O3/c1-28-16-18-29(19-17-28)26(32)20-27(22-33-24-10-3-2-4-11-24)14-7-15-30(21-27)25(31)13-12-23-8-5-6-9-23/h2-4,10-11,23H,5-9,12-22H2,1H3/t27-/m1/s1. The number of hydrogen-bond donors (Lipinski definition) is 0. The molecule has 6 nitrogen and oxygen atoms in total. The maximum absolute atomic E-state index is 13.3. The summed E-state index contributed by atoms with van der Waals surface area (Å²) in [5.41, 5.74) is -0.322. The number of hydrogen-bond acceptors (Lipinski definition) is 4. The third-order valence-corrected chi connectivity index (χ3v) is 7.93. The summed E-state index contributed by atoms with van der Waals surface area (Å²) < 4.78 is 6.21. The van der Waals surface area contributed by atoms with E-state index in [2.05, 4.69) is 11.9 Å². The van der Waals surface area contributed by atoms with Crippen molar-refractivity contribution in [3.63, 3.8) is 0 Å². The van der Waals surface area contributed by atoms with Gasteiger partial charge >= 0.3 is 0 Å².